The number of likely N-dealkylation sites (N-methyl/N-ethyl adjacent to an activating group) is 1. The number of fused-ring (bicyclic) bond motifs is 2. The van der Waals surface area contributed by atoms with Gasteiger partial charge in [-0.1, -0.05) is 60.1 Å². The lowest BCUT2D eigenvalue weighted by molar-refractivity contribution is -0.384. The molecule has 1 aliphatic heterocycles. The number of nitrogens with one attached hydrogen (secondary N) is 1. The van der Waals surface area contributed by atoms with E-state index >= 15 is 0 Å². The molecule has 0 fully saturated rings. The van der Waals surface area contributed by atoms with E-state index in [1.165, 1.54) is 12.1 Å². The summed E-state index contributed by atoms with van der Waals surface area (Å²) in [4.78, 5) is 44.8. The number of nitro groups is 1. The lowest BCUT2D eigenvalue weighted by Crippen LogP contribution is -2.31. The Morgan fingerprint density at radius 2 is 1.84 bits per heavy atom. The minimum atomic E-state index is -1.32. The molecular weight excluding hydrogens is 508 g/mol. The van der Waals surface area contributed by atoms with Crippen LogP contribution >= 0.6 is 11.6 Å². The number of hydrogen-bond donors (Lipinski definition) is 1. The first-order valence-corrected chi connectivity index (χ1v) is 12.3. The Morgan fingerprint density at radius 1 is 1.11 bits per heavy atom. The third-order valence-electron chi connectivity index (χ3n) is 6.42. The number of hydrogen-bond acceptors (Lipinski definition) is 7. The molecule has 2 heterocycles. The summed E-state index contributed by atoms with van der Waals surface area (Å²) < 4.78 is 5.91. The van der Waals surface area contributed by atoms with Gasteiger partial charge in [-0.15, -0.1) is 0 Å². The van der Waals surface area contributed by atoms with Crippen molar-refractivity contribution in [3.8, 4) is 0 Å². The third-order valence-corrected chi connectivity index (χ3v) is 6.74. The molecule has 0 aliphatic carbocycles. The summed E-state index contributed by atoms with van der Waals surface area (Å²) in [6.45, 7) is 1.34. The number of anilines is 1. The second-order valence-electron chi connectivity index (χ2n) is 9.03. The summed E-state index contributed by atoms with van der Waals surface area (Å²) in [5, 5.41) is 14.5. The highest BCUT2D eigenvalue weighted by Crippen LogP contribution is 2.32. The molecule has 0 bridgehead atoms. The van der Waals surface area contributed by atoms with Gasteiger partial charge in [0.2, 0.25) is 6.10 Å². The van der Waals surface area contributed by atoms with Gasteiger partial charge in [-0.3, -0.25) is 19.9 Å². The molecule has 5 rings (SSSR count). The Morgan fingerprint density at radius 3 is 2.61 bits per heavy atom. The average molecular weight is 531 g/mol. The Balaban J connectivity index is 1.52. The molecule has 38 heavy (non-hydrogen) atoms. The maximum absolute atomic E-state index is 13.8. The van der Waals surface area contributed by atoms with Crippen LogP contribution in [0.2, 0.25) is 5.02 Å². The Labute approximate surface area is 223 Å². The van der Waals surface area contributed by atoms with Crippen molar-refractivity contribution < 1.29 is 19.2 Å². The number of amides is 1. The van der Waals surface area contributed by atoms with Crippen LogP contribution in [0.5, 0.6) is 0 Å². The van der Waals surface area contributed by atoms with Gasteiger partial charge in [-0.25, -0.2) is 4.79 Å². The molecule has 0 radical (unpaired) electrons. The van der Waals surface area contributed by atoms with Gasteiger partial charge in [-0.2, -0.15) is 0 Å². The highest BCUT2D eigenvalue weighted by Gasteiger charge is 2.31. The van der Waals surface area contributed by atoms with Gasteiger partial charge >= 0.3 is 5.97 Å². The molecule has 0 saturated heterocycles. The number of pyridine rings is 1. The zero-order chi connectivity index (χ0) is 26.8. The van der Waals surface area contributed by atoms with E-state index in [4.69, 9.17) is 21.3 Å². The minimum absolute atomic E-state index is 0.0571. The fraction of sp³-hybridized carbons (Fsp3) is 0.179. The monoisotopic (exact) mass is 530 g/mol. The van der Waals surface area contributed by atoms with Gasteiger partial charge in [0, 0.05) is 53.5 Å². The van der Waals surface area contributed by atoms with Crippen molar-refractivity contribution in [1.29, 1.82) is 0 Å². The number of aromatic nitrogens is 1. The van der Waals surface area contributed by atoms with Gasteiger partial charge in [0.1, 0.15) is 5.02 Å². The second kappa shape index (κ2) is 10.6. The van der Waals surface area contributed by atoms with E-state index < -0.39 is 22.9 Å². The van der Waals surface area contributed by atoms with Crippen LogP contribution in [0.15, 0.2) is 72.8 Å². The highest BCUT2D eigenvalue weighted by atomic mass is 35.5. The van der Waals surface area contributed by atoms with Crippen LogP contribution in [0, 0.1) is 10.1 Å². The van der Waals surface area contributed by atoms with E-state index in [9.17, 15) is 19.7 Å². The van der Waals surface area contributed by atoms with Crippen molar-refractivity contribution in [2.45, 2.75) is 19.1 Å². The molecule has 4 aromatic rings. The summed E-state index contributed by atoms with van der Waals surface area (Å²) in [5.41, 5.74) is 2.93. The molecule has 0 saturated carbocycles. The zero-order valence-corrected chi connectivity index (χ0v) is 21.1. The molecule has 1 N–H and O–H groups in total. The van der Waals surface area contributed by atoms with Crippen LogP contribution in [-0.4, -0.2) is 40.3 Å². The number of benzene rings is 3. The number of nitrogens with zero attached hydrogens (tertiary/aromatic N) is 3. The summed E-state index contributed by atoms with van der Waals surface area (Å²) in [7, 11) is 1.97. The van der Waals surface area contributed by atoms with Crippen molar-refractivity contribution in [3.05, 3.63) is 110 Å². The number of ether oxygens (including phenoxy) is 1. The smallest absolute Gasteiger partial charge is 0.340 e. The average Bonchev–Trinajstić information content (AvgIpc) is 2.91. The van der Waals surface area contributed by atoms with Crippen molar-refractivity contribution in [3.63, 3.8) is 0 Å². The van der Waals surface area contributed by atoms with Crippen LogP contribution in [-0.2, 0) is 22.5 Å². The first-order chi connectivity index (χ1) is 18.3. The standard InChI is InChI=1S/C28H23ClN4O5/c1-32-14-13-23-20(16-32)25(19-9-5-6-10-22(19)31-23)28(35)38-26(17-7-3-2-4-8-17)27(34)30-18-11-12-21(29)24(15-18)33(36)37/h2-12,15,26H,13-14,16H2,1H3,(H,30,34). The lowest BCUT2D eigenvalue weighted by atomic mass is 9.96. The number of carbonyl (C=O) groups excluding carboxylic acids is 2. The Hall–Kier alpha value is -4.34. The van der Waals surface area contributed by atoms with Crippen LogP contribution < -0.4 is 5.32 Å². The summed E-state index contributed by atoms with van der Waals surface area (Å²) in [6, 6.07) is 19.9. The second-order valence-corrected chi connectivity index (χ2v) is 9.43. The number of halogens is 1. The summed E-state index contributed by atoms with van der Waals surface area (Å²) in [6.07, 6.45) is -0.628. The molecule has 192 valence electrons. The highest BCUT2D eigenvalue weighted by molar-refractivity contribution is 6.32. The van der Waals surface area contributed by atoms with E-state index in [1.807, 2.05) is 31.3 Å². The molecule has 1 amide bonds. The first kappa shape index (κ1) is 25.3. The maximum atomic E-state index is 13.8. The fourth-order valence-electron chi connectivity index (χ4n) is 4.56. The van der Waals surface area contributed by atoms with E-state index in [0.29, 0.717) is 35.0 Å². The van der Waals surface area contributed by atoms with Gasteiger partial charge in [0.15, 0.2) is 0 Å². The Kier molecular flexibility index (Phi) is 7.04. The van der Waals surface area contributed by atoms with E-state index in [0.717, 1.165) is 23.9 Å². The number of rotatable bonds is 6. The van der Waals surface area contributed by atoms with Gasteiger partial charge < -0.3 is 15.0 Å². The van der Waals surface area contributed by atoms with Crippen LogP contribution in [0.4, 0.5) is 11.4 Å². The maximum Gasteiger partial charge on any atom is 0.340 e. The van der Waals surface area contributed by atoms with Crippen LogP contribution in [0.25, 0.3) is 10.9 Å². The normalized spacial score (nSPS) is 13.9. The molecule has 1 aromatic heterocycles. The predicted octanol–water partition coefficient (Wildman–Crippen LogP) is 5.32. The van der Waals surface area contributed by atoms with E-state index in [1.54, 1.807) is 30.3 Å². The zero-order valence-electron chi connectivity index (χ0n) is 20.4. The molecule has 3 aromatic carbocycles. The van der Waals surface area contributed by atoms with Gasteiger partial charge in [0.25, 0.3) is 11.6 Å². The molecule has 1 unspecified atom stereocenters. The number of carbonyl (C=O) groups is 2. The topological polar surface area (TPSA) is 115 Å². The third kappa shape index (κ3) is 5.06. The van der Waals surface area contributed by atoms with E-state index in [-0.39, 0.29) is 16.4 Å². The quantitative estimate of drug-likeness (QED) is 0.204. The lowest BCUT2D eigenvalue weighted by Gasteiger charge is -2.27. The summed E-state index contributed by atoms with van der Waals surface area (Å²) in [5.74, 6) is -1.31. The number of nitro benzene ring substituents is 1. The Bertz CT molecular complexity index is 1560. The molecule has 0 spiro atoms. The summed E-state index contributed by atoms with van der Waals surface area (Å²) >= 11 is 5.91. The van der Waals surface area contributed by atoms with Gasteiger partial charge in [0.05, 0.1) is 16.0 Å². The van der Waals surface area contributed by atoms with Crippen LogP contribution in [0.1, 0.15) is 33.3 Å². The van der Waals surface area contributed by atoms with Crippen molar-refractivity contribution in [2.24, 2.45) is 0 Å². The molecule has 9 nitrogen and oxygen atoms in total. The molecule has 1 atom stereocenters. The molecular formula is C28H23ClN4O5. The molecule has 10 heteroatoms. The van der Waals surface area contributed by atoms with Crippen molar-refractivity contribution >= 4 is 45.8 Å². The fourth-order valence-corrected chi connectivity index (χ4v) is 4.75. The van der Waals surface area contributed by atoms with Crippen molar-refractivity contribution in [2.75, 3.05) is 18.9 Å². The number of esters is 1. The van der Waals surface area contributed by atoms with E-state index in [2.05, 4.69) is 10.2 Å². The largest absolute Gasteiger partial charge is 0.444 e. The van der Waals surface area contributed by atoms with Gasteiger partial charge in [-0.05, 0) is 25.2 Å². The predicted molar refractivity (Wildman–Crippen MR) is 143 cm³/mol. The molecule has 1 aliphatic rings. The SMILES string of the molecule is CN1CCc2nc3ccccc3c(C(=O)OC(C(=O)Nc3ccc(Cl)c([N+](=O)[O-])c3)c3ccccc3)c2C1. The van der Waals surface area contributed by atoms with Crippen LogP contribution in [0.3, 0.4) is 0 Å². The minimum Gasteiger partial charge on any atom is -0.444 e. The van der Waals surface area contributed by atoms with Crippen molar-refractivity contribution in [1.82, 2.24) is 9.88 Å². The first-order valence-electron chi connectivity index (χ1n) is 11.9. The number of para-hydroxylation sites is 1.